The van der Waals surface area contributed by atoms with E-state index in [1.54, 1.807) is 11.4 Å². The molecule has 2 atom stereocenters. The van der Waals surface area contributed by atoms with Crippen LogP contribution in [0.3, 0.4) is 0 Å². The van der Waals surface area contributed by atoms with Crippen molar-refractivity contribution in [2.45, 2.75) is 19.1 Å². The van der Waals surface area contributed by atoms with Crippen molar-refractivity contribution in [2.24, 2.45) is 0 Å². The van der Waals surface area contributed by atoms with Crippen molar-refractivity contribution in [3.8, 4) is 0 Å². The summed E-state index contributed by atoms with van der Waals surface area (Å²) in [6.07, 6.45) is -2.00. The van der Waals surface area contributed by atoms with Crippen LogP contribution in [0.15, 0.2) is 11.4 Å². The Morgan fingerprint density at radius 2 is 2.33 bits per heavy atom. The van der Waals surface area contributed by atoms with Crippen LogP contribution in [0.2, 0.25) is 5.02 Å². The molecule has 3 nitrogen and oxygen atoms in total. The molecule has 1 aromatic rings. The zero-order valence-corrected chi connectivity index (χ0v) is 10.4. The van der Waals surface area contributed by atoms with E-state index < -0.39 is 12.2 Å². The fraction of sp³-hybridized carbons (Fsp3) is 0.444. The van der Waals surface area contributed by atoms with Crippen molar-refractivity contribution in [3.05, 3.63) is 21.3 Å². The smallest absolute Gasteiger partial charge is 0.185 e. The van der Waals surface area contributed by atoms with Gasteiger partial charge in [0.15, 0.2) is 5.12 Å². The molecule has 0 radical (unpaired) electrons. The van der Waals surface area contributed by atoms with E-state index in [0.29, 0.717) is 9.90 Å². The van der Waals surface area contributed by atoms with Crippen molar-refractivity contribution >= 4 is 39.8 Å². The highest BCUT2D eigenvalue weighted by atomic mass is 35.5. The first kappa shape index (κ1) is 13.0. The van der Waals surface area contributed by atoms with Crippen molar-refractivity contribution in [2.75, 3.05) is 5.75 Å². The first-order valence-corrected chi connectivity index (χ1v) is 6.49. The fourth-order valence-corrected chi connectivity index (χ4v) is 2.78. The van der Waals surface area contributed by atoms with Gasteiger partial charge < -0.3 is 10.2 Å². The second-order valence-electron chi connectivity index (χ2n) is 2.95. The van der Waals surface area contributed by atoms with E-state index in [9.17, 15) is 15.0 Å². The molecular formula is C9H11ClO3S2. The average Bonchev–Trinajstić information content (AvgIpc) is 2.59. The third-order valence-corrected chi connectivity index (χ3v) is 4.08. The van der Waals surface area contributed by atoms with Crippen LogP contribution >= 0.6 is 34.7 Å². The Hall–Kier alpha value is -0.0700. The largest absolute Gasteiger partial charge is 0.389 e. The summed E-state index contributed by atoms with van der Waals surface area (Å²) in [7, 11) is 0. The SMILES string of the molecule is CC(=O)SCC(O)C(O)c1sccc1Cl. The molecule has 0 saturated heterocycles. The normalized spacial score (nSPS) is 14.9. The molecule has 0 amide bonds. The van der Waals surface area contributed by atoms with Crippen LogP contribution in [0.25, 0.3) is 0 Å². The Morgan fingerprint density at radius 3 is 2.80 bits per heavy atom. The van der Waals surface area contributed by atoms with Gasteiger partial charge in [0.2, 0.25) is 0 Å². The van der Waals surface area contributed by atoms with E-state index in [4.69, 9.17) is 11.6 Å². The van der Waals surface area contributed by atoms with Crippen molar-refractivity contribution in [3.63, 3.8) is 0 Å². The van der Waals surface area contributed by atoms with Gasteiger partial charge in [-0.2, -0.15) is 0 Å². The Labute approximate surface area is 101 Å². The average molecular weight is 267 g/mol. The molecule has 0 spiro atoms. The van der Waals surface area contributed by atoms with Gasteiger partial charge in [0.1, 0.15) is 6.10 Å². The van der Waals surface area contributed by atoms with E-state index in [-0.39, 0.29) is 10.9 Å². The lowest BCUT2D eigenvalue weighted by atomic mass is 10.2. The van der Waals surface area contributed by atoms with Crippen LogP contribution in [0, 0.1) is 0 Å². The molecule has 1 rings (SSSR count). The number of thiophene rings is 1. The maximum absolute atomic E-state index is 10.7. The van der Waals surface area contributed by atoms with Crippen LogP contribution in [0.1, 0.15) is 17.9 Å². The zero-order valence-electron chi connectivity index (χ0n) is 8.01. The molecular weight excluding hydrogens is 256 g/mol. The van der Waals surface area contributed by atoms with Crippen molar-refractivity contribution in [1.29, 1.82) is 0 Å². The van der Waals surface area contributed by atoms with Crippen molar-refractivity contribution < 1.29 is 15.0 Å². The Kier molecular flexibility index (Phi) is 5.08. The molecule has 1 heterocycles. The Balaban J connectivity index is 2.57. The van der Waals surface area contributed by atoms with Gasteiger partial charge in [0.05, 0.1) is 16.0 Å². The summed E-state index contributed by atoms with van der Waals surface area (Å²) in [6.45, 7) is 1.42. The van der Waals surface area contributed by atoms with Gasteiger partial charge in [0, 0.05) is 12.7 Å². The van der Waals surface area contributed by atoms with Gasteiger partial charge in [-0.15, -0.1) is 11.3 Å². The molecule has 6 heteroatoms. The molecule has 2 N–H and O–H groups in total. The number of halogens is 1. The number of carbonyl (C=O) groups is 1. The Bertz CT molecular complexity index is 340. The molecule has 0 bridgehead atoms. The maximum Gasteiger partial charge on any atom is 0.185 e. The minimum atomic E-state index is -1.02. The first-order chi connectivity index (χ1) is 7.02. The van der Waals surface area contributed by atoms with Crippen LogP contribution in [-0.4, -0.2) is 27.2 Å². The van der Waals surface area contributed by atoms with E-state index in [1.807, 2.05) is 0 Å². The summed E-state index contributed by atoms with van der Waals surface area (Å²) >= 11 is 8.07. The molecule has 0 aliphatic heterocycles. The lowest BCUT2D eigenvalue weighted by molar-refractivity contribution is -0.109. The second kappa shape index (κ2) is 5.86. The number of aliphatic hydroxyl groups is 2. The topological polar surface area (TPSA) is 57.5 Å². The summed E-state index contributed by atoms with van der Waals surface area (Å²) in [5.41, 5.74) is 0. The van der Waals surface area contributed by atoms with Gasteiger partial charge in [-0.1, -0.05) is 23.4 Å². The number of rotatable bonds is 4. The highest BCUT2D eigenvalue weighted by Gasteiger charge is 2.22. The first-order valence-electron chi connectivity index (χ1n) is 4.24. The number of carbonyl (C=O) groups excluding carboxylic acids is 1. The highest BCUT2D eigenvalue weighted by Crippen LogP contribution is 2.31. The third-order valence-electron chi connectivity index (χ3n) is 1.74. The van der Waals surface area contributed by atoms with Crippen LogP contribution < -0.4 is 0 Å². The molecule has 0 aliphatic rings. The summed E-state index contributed by atoms with van der Waals surface area (Å²) in [6, 6.07) is 1.66. The monoisotopic (exact) mass is 266 g/mol. The summed E-state index contributed by atoms with van der Waals surface area (Å²) in [5, 5.41) is 21.4. The lowest BCUT2D eigenvalue weighted by Gasteiger charge is -2.15. The van der Waals surface area contributed by atoms with Gasteiger partial charge in [-0.3, -0.25) is 4.79 Å². The number of hydrogen-bond acceptors (Lipinski definition) is 5. The van der Waals surface area contributed by atoms with Gasteiger partial charge in [0.25, 0.3) is 0 Å². The lowest BCUT2D eigenvalue weighted by Crippen LogP contribution is -2.20. The third kappa shape index (κ3) is 3.77. The molecule has 15 heavy (non-hydrogen) atoms. The van der Waals surface area contributed by atoms with Crippen LogP contribution in [0.4, 0.5) is 0 Å². The van der Waals surface area contributed by atoms with Gasteiger partial charge in [-0.05, 0) is 11.4 Å². The van der Waals surface area contributed by atoms with E-state index >= 15 is 0 Å². The number of hydrogen-bond donors (Lipinski definition) is 2. The van der Waals surface area contributed by atoms with Gasteiger partial charge in [-0.25, -0.2) is 0 Å². The van der Waals surface area contributed by atoms with E-state index in [1.165, 1.54) is 18.3 Å². The number of aliphatic hydroxyl groups excluding tert-OH is 2. The predicted octanol–water partition coefficient (Wildman–Crippen LogP) is 2.08. The zero-order chi connectivity index (χ0) is 11.4. The minimum absolute atomic E-state index is 0.0847. The van der Waals surface area contributed by atoms with E-state index in [0.717, 1.165) is 11.8 Å². The minimum Gasteiger partial charge on any atom is -0.389 e. The molecule has 0 aromatic carbocycles. The number of thioether (sulfide) groups is 1. The quantitative estimate of drug-likeness (QED) is 0.876. The van der Waals surface area contributed by atoms with Crippen LogP contribution in [0.5, 0.6) is 0 Å². The fourth-order valence-electron chi connectivity index (χ4n) is 0.985. The molecule has 0 fully saturated rings. The highest BCUT2D eigenvalue weighted by molar-refractivity contribution is 8.13. The van der Waals surface area contributed by atoms with Crippen molar-refractivity contribution in [1.82, 2.24) is 0 Å². The molecule has 2 unspecified atom stereocenters. The molecule has 84 valence electrons. The second-order valence-corrected chi connectivity index (χ2v) is 5.50. The summed E-state index contributed by atoms with van der Waals surface area (Å²) in [4.78, 5) is 11.2. The van der Waals surface area contributed by atoms with Gasteiger partial charge >= 0.3 is 0 Å². The molecule has 1 aromatic heterocycles. The van der Waals surface area contributed by atoms with E-state index in [2.05, 4.69) is 0 Å². The summed E-state index contributed by atoms with van der Waals surface area (Å²) in [5.74, 6) is 0.171. The van der Waals surface area contributed by atoms with Crippen LogP contribution in [-0.2, 0) is 4.79 Å². The maximum atomic E-state index is 10.7. The summed E-state index contributed by atoms with van der Waals surface area (Å²) < 4.78 is 0. The predicted molar refractivity (Wildman–Crippen MR) is 63.4 cm³/mol. The Morgan fingerprint density at radius 1 is 1.67 bits per heavy atom. The standard InChI is InChI=1S/C9H11ClO3S2/c1-5(11)15-4-7(12)8(13)9-6(10)2-3-14-9/h2-3,7-8,12-13H,4H2,1H3. The molecule has 0 aliphatic carbocycles. The molecule has 0 saturated carbocycles.